The second kappa shape index (κ2) is 9.72. The van der Waals surface area contributed by atoms with E-state index in [9.17, 15) is 0 Å². The summed E-state index contributed by atoms with van der Waals surface area (Å²) in [4.78, 5) is 1.66. The summed E-state index contributed by atoms with van der Waals surface area (Å²) in [6.45, 7) is 0. The van der Waals surface area contributed by atoms with E-state index in [1.807, 2.05) is 12.1 Å². The van der Waals surface area contributed by atoms with E-state index >= 15 is 4.57 Å². The maximum atomic E-state index is 15.1. The van der Waals surface area contributed by atoms with Gasteiger partial charge in [-0.1, -0.05) is 92.4 Å². The monoisotopic (exact) mass is 450 g/mol. The standard InChI is InChI=1S/C28H35OPS/c29-30(22-12-4-1-5-13-22,23-14-6-2-7-15-23)27-20-11-21-28(26-19-10-18-25(26)27)31-24-16-8-3-9-17-24/h1-2,4-7,12-15,21,24-27H,3,8-11,16-20H2/t25-,26+,27-/m1/s1. The van der Waals surface area contributed by atoms with Gasteiger partial charge in [-0.25, -0.2) is 0 Å². The van der Waals surface area contributed by atoms with Crippen molar-refractivity contribution in [1.82, 2.24) is 0 Å². The summed E-state index contributed by atoms with van der Waals surface area (Å²) < 4.78 is 15.1. The van der Waals surface area contributed by atoms with Crippen LogP contribution in [0.4, 0.5) is 0 Å². The lowest BCUT2D eigenvalue weighted by Crippen LogP contribution is -2.32. The van der Waals surface area contributed by atoms with Gasteiger partial charge in [0.1, 0.15) is 7.14 Å². The SMILES string of the molecule is O=P(c1ccccc1)(c1ccccc1)[C@@H]1CCC=C(SC2CCCCC2)[C@H]2CCC[C@H]21. The Morgan fingerprint density at radius 3 is 2.00 bits per heavy atom. The zero-order valence-corrected chi connectivity index (χ0v) is 20.2. The average Bonchev–Trinajstić information content (AvgIpc) is 3.25. The first kappa shape index (κ1) is 21.6. The van der Waals surface area contributed by atoms with Gasteiger partial charge in [-0.15, -0.1) is 11.8 Å². The molecule has 2 saturated carbocycles. The topological polar surface area (TPSA) is 17.1 Å². The highest BCUT2D eigenvalue weighted by molar-refractivity contribution is 8.03. The molecule has 2 fully saturated rings. The highest BCUT2D eigenvalue weighted by Gasteiger charge is 2.47. The van der Waals surface area contributed by atoms with E-state index in [0.717, 1.165) is 28.7 Å². The highest BCUT2D eigenvalue weighted by atomic mass is 32.2. The Bertz CT molecular complexity index is 888. The van der Waals surface area contributed by atoms with Crippen molar-refractivity contribution in [3.05, 3.63) is 71.6 Å². The molecular formula is C28H35OPS. The number of allylic oxidation sites excluding steroid dienone is 2. The molecule has 3 aliphatic rings. The number of hydrogen-bond acceptors (Lipinski definition) is 2. The molecule has 0 spiro atoms. The number of benzene rings is 2. The van der Waals surface area contributed by atoms with Crippen molar-refractivity contribution in [3.63, 3.8) is 0 Å². The summed E-state index contributed by atoms with van der Waals surface area (Å²) in [5.41, 5.74) is 0.255. The van der Waals surface area contributed by atoms with Crippen LogP contribution in [0.3, 0.4) is 0 Å². The van der Waals surface area contributed by atoms with E-state index in [2.05, 4.69) is 66.4 Å². The van der Waals surface area contributed by atoms with Crippen molar-refractivity contribution in [1.29, 1.82) is 0 Å². The first-order valence-corrected chi connectivity index (χ1v) is 15.0. The maximum Gasteiger partial charge on any atom is 0.146 e. The normalized spacial score (nSPS) is 27.4. The Morgan fingerprint density at radius 2 is 1.35 bits per heavy atom. The molecule has 0 radical (unpaired) electrons. The fourth-order valence-electron chi connectivity index (χ4n) is 6.36. The van der Waals surface area contributed by atoms with Gasteiger partial charge in [-0.3, -0.25) is 0 Å². The lowest BCUT2D eigenvalue weighted by atomic mass is 9.92. The van der Waals surface area contributed by atoms with E-state index in [1.54, 1.807) is 4.91 Å². The van der Waals surface area contributed by atoms with Crippen LogP contribution >= 0.6 is 18.9 Å². The number of fused-ring (bicyclic) bond motifs is 1. The summed E-state index contributed by atoms with van der Waals surface area (Å²) >= 11 is 2.21. The Kier molecular flexibility index (Phi) is 6.77. The van der Waals surface area contributed by atoms with Crippen molar-refractivity contribution in [2.24, 2.45) is 11.8 Å². The number of rotatable bonds is 5. The molecule has 1 nitrogen and oxygen atoms in total. The molecule has 0 unspecified atom stereocenters. The van der Waals surface area contributed by atoms with Crippen molar-refractivity contribution in [2.45, 2.75) is 75.1 Å². The molecule has 3 heteroatoms. The summed E-state index contributed by atoms with van der Waals surface area (Å²) in [6.07, 6.45) is 15.5. The maximum absolute atomic E-state index is 15.1. The van der Waals surface area contributed by atoms with Gasteiger partial charge in [-0.2, -0.15) is 0 Å². The molecule has 0 heterocycles. The van der Waals surface area contributed by atoms with Crippen LogP contribution in [-0.4, -0.2) is 10.9 Å². The Morgan fingerprint density at radius 1 is 0.710 bits per heavy atom. The minimum absolute atomic E-state index is 0.255. The second-order valence-corrected chi connectivity index (χ2v) is 14.0. The van der Waals surface area contributed by atoms with E-state index < -0.39 is 7.14 Å². The molecule has 5 rings (SSSR count). The van der Waals surface area contributed by atoms with Crippen molar-refractivity contribution >= 4 is 29.5 Å². The highest BCUT2D eigenvalue weighted by Crippen LogP contribution is 2.60. The zero-order chi connectivity index (χ0) is 21.1. The summed E-state index contributed by atoms with van der Waals surface area (Å²) in [5.74, 6) is 1.18. The first-order chi connectivity index (χ1) is 15.3. The van der Waals surface area contributed by atoms with Gasteiger partial charge in [0.2, 0.25) is 0 Å². The largest absolute Gasteiger partial charge is 0.313 e. The lowest BCUT2D eigenvalue weighted by molar-refractivity contribution is 0.418. The van der Waals surface area contributed by atoms with Crippen LogP contribution in [0.15, 0.2) is 71.6 Å². The van der Waals surface area contributed by atoms with Gasteiger partial charge >= 0.3 is 0 Å². The van der Waals surface area contributed by atoms with Crippen LogP contribution in [0, 0.1) is 11.8 Å². The van der Waals surface area contributed by atoms with Crippen LogP contribution in [0.25, 0.3) is 0 Å². The molecule has 0 saturated heterocycles. The van der Waals surface area contributed by atoms with Crippen LogP contribution in [-0.2, 0) is 4.57 Å². The van der Waals surface area contributed by atoms with E-state index in [0.29, 0.717) is 11.8 Å². The van der Waals surface area contributed by atoms with Crippen LogP contribution in [0.1, 0.15) is 64.2 Å². The summed E-state index contributed by atoms with van der Waals surface area (Å²) in [6, 6.07) is 20.8. The molecule has 3 aliphatic carbocycles. The lowest BCUT2D eigenvalue weighted by Gasteiger charge is -2.35. The predicted octanol–water partition coefficient (Wildman–Crippen LogP) is 7.53. The van der Waals surface area contributed by atoms with Crippen molar-refractivity contribution in [2.75, 3.05) is 0 Å². The predicted molar refractivity (Wildman–Crippen MR) is 136 cm³/mol. The van der Waals surface area contributed by atoms with Gasteiger partial charge in [0.15, 0.2) is 0 Å². The van der Waals surface area contributed by atoms with Crippen LogP contribution < -0.4 is 10.6 Å². The Hall–Kier alpha value is -1.24. The van der Waals surface area contributed by atoms with E-state index in [-0.39, 0.29) is 5.66 Å². The minimum Gasteiger partial charge on any atom is -0.313 e. The van der Waals surface area contributed by atoms with Crippen LogP contribution in [0.2, 0.25) is 0 Å². The van der Waals surface area contributed by atoms with Crippen LogP contribution in [0.5, 0.6) is 0 Å². The minimum atomic E-state index is -2.71. The van der Waals surface area contributed by atoms with E-state index in [4.69, 9.17) is 0 Å². The Labute approximate surface area is 192 Å². The quantitative estimate of drug-likeness (QED) is 0.438. The average molecular weight is 451 g/mol. The molecule has 0 amide bonds. The molecule has 164 valence electrons. The third kappa shape index (κ3) is 4.36. The van der Waals surface area contributed by atoms with Gasteiger partial charge in [0.05, 0.1) is 0 Å². The molecule has 0 aliphatic heterocycles. The zero-order valence-electron chi connectivity index (χ0n) is 18.5. The molecule has 2 aromatic carbocycles. The smallest absolute Gasteiger partial charge is 0.146 e. The van der Waals surface area contributed by atoms with Gasteiger partial charge in [-0.05, 0) is 55.3 Å². The van der Waals surface area contributed by atoms with E-state index in [1.165, 1.54) is 51.4 Å². The fourth-order valence-corrected chi connectivity index (χ4v) is 11.7. The fraction of sp³-hybridized carbons (Fsp3) is 0.500. The molecule has 31 heavy (non-hydrogen) atoms. The van der Waals surface area contributed by atoms with Gasteiger partial charge in [0, 0.05) is 21.5 Å². The summed E-state index contributed by atoms with van der Waals surface area (Å²) in [5, 5.41) is 2.92. The molecule has 0 aromatic heterocycles. The third-order valence-corrected chi connectivity index (χ3v) is 13.1. The Balaban J connectivity index is 1.49. The van der Waals surface area contributed by atoms with Crippen molar-refractivity contribution in [3.8, 4) is 0 Å². The van der Waals surface area contributed by atoms with Crippen molar-refractivity contribution < 1.29 is 4.57 Å². The molecular weight excluding hydrogens is 415 g/mol. The van der Waals surface area contributed by atoms with Gasteiger partial charge < -0.3 is 4.57 Å². The third-order valence-electron chi connectivity index (χ3n) is 7.84. The summed E-state index contributed by atoms with van der Waals surface area (Å²) in [7, 11) is -2.71. The van der Waals surface area contributed by atoms with Gasteiger partial charge in [0.25, 0.3) is 0 Å². The molecule has 0 bridgehead atoms. The number of hydrogen-bond donors (Lipinski definition) is 0. The molecule has 2 aromatic rings. The first-order valence-electron chi connectivity index (χ1n) is 12.3. The number of thioether (sulfide) groups is 1. The second-order valence-electron chi connectivity index (χ2n) is 9.66. The molecule has 0 N–H and O–H groups in total. The molecule has 3 atom stereocenters.